The molecule has 0 saturated carbocycles. The quantitative estimate of drug-likeness (QED) is 0.396. The van der Waals surface area contributed by atoms with Crippen LogP contribution in [-0.4, -0.2) is 22.1 Å². The summed E-state index contributed by atoms with van der Waals surface area (Å²) in [7, 11) is 0. The first-order valence-corrected chi connectivity index (χ1v) is 7.54. The van der Waals surface area contributed by atoms with Crippen LogP contribution in [0.5, 0.6) is 0 Å². The lowest BCUT2D eigenvalue weighted by molar-refractivity contribution is -0.384. The van der Waals surface area contributed by atoms with E-state index in [2.05, 4.69) is 10.3 Å². The summed E-state index contributed by atoms with van der Waals surface area (Å²) in [5.74, 6) is -0.294. The van der Waals surface area contributed by atoms with Crippen LogP contribution in [0, 0.1) is 10.1 Å². The predicted molar refractivity (Wildman–Crippen MR) is 86.8 cm³/mol. The lowest BCUT2D eigenvalue weighted by Crippen LogP contribution is -2.07. The van der Waals surface area contributed by atoms with Gasteiger partial charge in [-0.15, -0.1) is 11.8 Å². The minimum atomic E-state index is -0.467. The Labute approximate surface area is 131 Å². The number of hydrogen-bond acceptors (Lipinski definition) is 5. The largest absolute Gasteiger partial charge is 0.321 e. The Hall–Kier alpha value is -2.67. The first kappa shape index (κ1) is 15.7. The van der Waals surface area contributed by atoms with Gasteiger partial charge in [-0.2, -0.15) is 0 Å². The summed E-state index contributed by atoms with van der Waals surface area (Å²) in [5, 5.41) is 14.1. The zero-order valence-electron chi connectivity index (χ0n) is 11.7. The number of non-ortho nitro benzene ring substituents is 1. The number of carbonyl (C=O) groups is 1. The summed E-state index contributed by atoms with van der Waals surface area (Å²) in [4.78, 5) is 26.0. The Balaban J connectivity index is 1.96. The highest BCUT2D eigenvalue weighted by molar-refractivity contribution is 7.98. The SMILES string of the molecule is CSc1ccc(NC(=O)C=Cc2ccc([N+](=O)[O-])cc2)cn1. The molecule has 2 rings (SSSR count). The van der Waals surface area contributed by atoms with E-state index in [1.807, 2.05) is 12.3 Å². The maximum atomic E-state index is 11.8. The van der Waals surface area contributed by atoms with E-state index >= 15 is 0 Å². The lowest BCUT2D eigenvalue weighted by Gasteiger charge is -2.02. The van der Waals surface area contributed by atoms with Crippen LogP contribution >= 0.6 is 11.8 Å². The molecule has 0 aliphatic rings. The van der Waals surface area contributed by atoms with Crippen LogP contribution in [0.4, 0.5) is 11.4 Å². The van der Waals surface area contributed by atoms with Crippen molar-refractivity contribution >= 4 is 35.1 Å². The molecule has 0 radical (unpaired) electrons. The van der Waals surface area contributed by atoms with Gasteiger partial charge in [0.05, 0.1) is 21.8 Å². The topological polar surface area (TPSA) is 85.1 Å². The molecule has 0 spiro atoms. The van der Waals surface area contributed by atoms with Crippen molar-refractivity contribution in [3.8, 4) is 0 Å². The predicted octanol–water partition coefficient (Wildman–Crippen LogP) is 3.36. The van der Waals surface area contributed by atoms with Gasteiger partial charge in [0.15, 0.2) is 0 Å². The van der Waals surface area contributed by atoms with Gasteiger partial charge in [0.2, 0.25) is 5.91 Å². The fraction of sp³-hybridized carbons (Fsp3) is 0.0667. The third-order valence-corrected chi connectivity index (χ3v) is 3.40. The molecule has 22 heavy (non-hydrogen) atoms. The molecule has 112 valence electrons. The maximum absolute atomic E-state index is 11.8. The standard InChI is InChI=1S/C15H13N3O3S/c1-22-15-9-5-12(10-16-15)17-14(19)8-4-11-2-6-13(7-3-11)18(20)21/h2-10H,1H3,(H,17,19). The fourth-order valence-corrected chi connectivity index (χ4v) is 2.00. The van der Waals surface area contributed by atoms with Gasteiger partial charge in [-0.3, -0.25) is 14.9 Å². The highest BCUT2D eigenvalue weighted by Gasteiger charge is 2.03. The van der Waals surface area contributed by atoms with Crippen LogP contribution in [0.25, 0.3) is 6.08 Å². The molecule has 6 nitrogen and oxygen atoms in total. The number of thioether (sulfide) groups is 1. The molecule has 0 atom stereocenters. The molecule has 0 aliphatic carbocycles. The Bertz CT molecular complexity index is 697. The van der Waals surface area contributed by atoms with Crippen molar-refractivity contribution in [3.63, 3.8) is 0 Å². The van der Waals surface area contributed by atoms with Crippen molar-refractivity contribution in [2.24, 2.45) is 0 Å². The Morgan fingerprint density at radius 2 is 2.00 bits per heavy atom. The molecular weight excluding hydrogens is 302 g/mol. The van der Waals surface area contributed by atoms with E-state index in [9.17, 15) is 14.9 Å². The molecule has 0 aliphatic heterocycles. The monoisotopic (exact) mass is 315 g/mol. The summed E-state index contributed by atoms with van der Waals surface area (Å²) < 4.78 is 0. The van der Waals surface area contributed by atoms with Crippen LogP contribution in [0.2, 0.25) is 0 Å². The molecule has 0 fully saturated rings. The highest BCUT2D eigenvalue weighted by Crippen LogP contribution is 2.15. The number of anilines is 1. The van der Waals surface area contributed by atoms with E-state index < -0.39 is 4.92 Å². The van der Waals surface area contributed by atoms with Gasteiger partial charge in [-0.1, -0.05) is 0 Å². The summed E-state index contributed by atoms with van der Waals surface area (Å²) in [6.45, 7) is 0. The minimum absolute atomic E-state index is 0.0153. The number of nitro benzene ring substituents is 1. The number of amides is 1. The molecule has 1 aromatic carbocycles. The average molecular weight is 315 g/mol. The molecule has 1 amide bonds. The minimum Gasteiger partial charge on any atom is -0.321 e. The molecule has 0 unspecified atom stereocenters. The summed E-state index contributed by atoms with van der Waals surface area (Å²) in [6, 6.07) is 9.54. The maximum Gasteiger partial charge on any atom is 0.269 e. The van der Waals surface area contributed by atoms with Crippen molar-refractivity contribution in [1.29, 1.82) is 0 Å². The Morgan fingerprint density at radius 1 is 1.27 bits per heavy atom. The second-order valence-electron chi connectivity index (χ2n) is 4.26. The second-order valence-corrected chi connectivity index (χ2v) is 5.09. The molecule has 0 saturated heterocycles. The molecule has 2 aromatic rings. The smallest absolute Gasteiger partial charge is 0.269 e. The first-order chi connectivity index (χ1) is 10.6. The van der Waals surface area contributed by atoms with Crippen LogP contribution in [-0.2, 0) is 4.79 Å². The average Bonchev–Trinajstić information content (AvgIpc) is 2.54. The third kappa shape index (κ3) is 4.42. The van der Waals surface area contributed by atoms with Crippen molar-refractivity contribution in [2.75, 3.05) is 11.6 Å². The lowest BCUT2D eigenvalue weighted by atomic mass is 10.2. The molecular formula is C15H13N3O3S. The number of rotatable bonds is 5. The zero-order chi connectivity index (χ0) is 15.9. The van der Waals surface area contributed by atoms with E-state index in [0.29, 0.717) is 11.3 Å². The molecule has 1 aromatic heterocycles. The molecule has 1 heterocycles. The number of nitrogens with one attached hydrogen (secondary N) is 1. The van der Waals surface area contributed by atoms with Gasteiger partial charge in [0.25, 0.3) is 5.69 Å². The van der Waals surface area contributed by atoms with Crippen molar-refractivity contribution in [2.45, 2.75) is 5.03 Å². The number of nitrogens with zero attached hydrogens (tertiary/aromatic N) is 2. The first-order valence-electron chi connectivity index (χ1n) is 6.32. The van der Waals surface area contributed by atoms with Gasteiger partial charge in [0.1, 0.15) is 0 Å². The number of hydrogen-bond donors (Lipinski definition) is 1. The van der Waals surface area contributed by atoms with E-state index in [1.165, 1.54) is 30.0 Å². The number of aromatic nitrogens is 1. The summed E-state index contributed by atoms with van der Waals surface area (Å²) in [6.07, 6.45) is 6.46. The normalized spacial score (nSPS) is 10.6. The van der Waals surface area contributed by atoms with Gasteiger partial charge in [0, 0.05) is 18.2 Å². The van der Waals surface area contributed by atoms with Crippen LogP contribution in [0.3, 0.4) is 0 Å². The van der Waals surface area contributed by atoms with Gasteiger partial charge in [-0.25, -0.2) is 4.98 Å². The van der Waals surface area contributed by atoms with Crippen LogP contribution < -0.4 is 5.32 Å². The Morgan fingerprint density at radius 3 is 2.55 bits per heavy atom. The zero-order valence-corrected chi connectivity index (χ0v) is 12.5. The summed E-state index contributed by atoms with van der Waals surface area (Å²) >= 11 is 1.52. The molecule has 0 bridgehead atoms. The van der Waals surface area contributed by atoms with Gasteiger partial charge < -0.3 is 5.32 Å². The van der Waals surface area contributed by atoms with E-state index in [0.717, 1.165) is 5.03 Å². The van der Waals surface area contributed by atoms with Crippen LogP contribution in [0.15, 0.2) is 53.7 Å². The number of pyridine rings is 1. The van der Waals surface area contributed by atoms with Gasteiger partial charge in [-0.05, 0) is 42.2 Å². The van der Waals surface area contributed by atoms with E-state index in [-0.39, 0.29) is 11.6 Å². The number of benzene rings is 1. The fourth-order valence-electron chi connectivity index (χ4n) is 1.64. The molecule has 1 N–H and O–H groups in total. The van der Waals surface area contributed by atoms with Crippen molar-refractivity contribution < 1.29 is 9.72 Å². The van der Waals surface area contributed by atoms with E-state index in [4.69, 9.17) is 0 Å². The summed E-state index contributed by atoms with van der Waals surface area (Å²) in [5.41, 5.74) is 1.33. The third-order valence-electron chi connectivity index (χ3n) is 2.74. The van der Waals surface area contributed by atoms with Crippen molar-refractivity contribution in [3.05, 3.63) is 64.3 Å². The van der Waals surface area contributed by atoms with Gasteiger partial charge >= 0.3 is 0 Å². The number of nitro groups is 1. The second kappa shape index (κ2) is 7.37. The van der Waals surface area contributed by atoms with E-state index in [1.54, 1.807) is 30.5 Å². The van der Waals surface area contributed by atoms with Crippen LogP contribution in [0.1, 0.15) is 5.56 Å². The van der Waals surface area contributed by atoms with Crippen molar-refractivity contribution in [1.82, 2.24) is 4.98 Å². The number of carbonyl (C=O) groups excluding carboxylic acids is 1. The Kier molecular flexibility index (Phi) is 5.26. The molecule has 7 heteroatoms. The highest BCUT2D eigenvalue weighted by atomic mass is 32.2.